The molecule has 0 aliphatic rings. The molecule has 2 atom stereocenters. The lowest BCUT2D eigenvalue weighted by molar-refractivity contribution is 0.0506. The summed E-state index contributed by atoms with van der Waals surface area (Å²) >= 11 is 1.79. The second kappa shape index (κ2) is 7.02. The molecule has 114 valence electrons. The molecule has 0 saturated carbocycles. The molecule has 1 rings (SSSR count). The third kappa shape index (κ3) is 5.07. The molecule has 1 N–H and O–H groups in total. The molecule has 0 fully saturated rings. The molecule has 1 unspecified atom stereocenters. The van der Waals surface area contributed by atoms with E-state index in [2.05, 4.69) is 28.0 Å². The van der Waals surface area contributed by atoms with Gasteiger partial charge in [-0.2, -0.15) is 11.8 Å². The van der Waals surface area contributed by atoms with Gasteiger partial charge in [-0.05, 0) is 40.9 Å². The van der Waals surface area contributed by atoms with Crippen LogP contribution >= 0.6 is 11.8 Å². The van der Waals surface area contributed by atoms with E-state index in [1.165, 1.54) is 0 Å². The van der Waals surface area contributed by atoms with Crippen molar-refractivity contribution in [2.45, 2.75) is 52.3 Å². The van der Waals surface area contributed by atoms with Crippen LogP contribution in [0.15, 0.2) is 12.5 Å². The fourth-order valence-electron chi connectivity index (χ4n) is 1.90. The average Bonchev–Trinajstić information content (AvgIpc) is 2.75. The van der Waals surface area contributed by atoms with Crippen molar-refractivity contribution in [3.05, 3.63) is 18.2 Å². The van der Waals surface area contributed by atoms with Gasteiger partial charge in [0, 0.05) is 11.8 Å². The third-order valence-electron chi connectivity index (χ3n) is 2.76. The van der Waals surface area contributed by atoms with Crippen molar-refractivity contribution < 1.29 is 9.53 Å². The fraction of sp³-hybridized carbons (Fsp3) is 0.714. The Hall–Kier alpha value is -1.17. The summed E-state index contributed by atoms with van der Waals surface area (Å²) < 4.78 is 7.37. The van der Waals surface area contributed by atoms with Crippen LogP contribution in [-0.2, 0) is 4.74 Å². The molecular weight excluding hydrogens is 274 g/mol. The van der Waals surface area contributed by atoms with Crippen LogP contribution in [0.4, 0.5) is 4.79 Å². The number of carbonyl (C=O) groups is 1. The Balaban J connectivity index is 2.71. The van der Waals surface area contributed by atoms with Crippen molar-refractivity contribution in [2.75, 3.05) is 12.0 Å². The number of hydrogen-bond donors (Lipinski definition) is 1. The molecule has 1 amide bonds. The highest BCUT2D eigenvalue weighted by atomic mass is 32.2. The summed E-state index contributed by atoms with van der Waals surface area (Å²) in [6, 6.07) is 0.196. The van der Waals surface area contributed by atoms with E-state index in [9.17, 15) is 4.79 Å². The number of nitrogens with one attached hydrogen (secondary N) is 1. The summed E-state index contributed by atoms with van der Waals surface area (Å²) in [5, 5.41) is 2.85. The molecule has 6 heteroatoms. The molecule has 0 saturated heterocycles. The number of hydrogen-bond acceptors (Lipinski definition) is 4. The van der Waals surface area contributed by atoms with Gasteiger partial charge in [0.15, 0.2) is 0 Å². The first-order valence-corrected chi connectivity index (χ1v) is 8.14. The molecule has 1 heterocycles. The molecule has 0 spiro atoms. The predicted molar refractivity (Wildman–Crippen MR) is 83.1 cm³/mol. The Morgan fingerprint density at radius 3 is 2.70 bits per heavy atom. The van der Waals surface area contributed by atoms with Gasteiger partial charge in [-0.3, -0.25) is 0 Å². The van der Waals surface area contributed by atoms with E-state index in [1.54, 1.807) is 18.0 Å². The highest BCUT2D eigenvalue weighted by molar-refractivity contribution is 7.98. The first-order valence-electron chi connectivity index (χ1n) is 6.74. The van der Waals surface area contributed by atoms with Crippen LogP contribution in [0.1, 0.15) is 52.4 Å². The summed E-state index contributed by atoms with van der Waals surface area (Å²) in [6.07, 6.45) is 5.27. The molecule has 5 nitrogen and oxygen atoms in total. The maximum absolute atomic E-state index is 11.8. The number of aromatic nitrogens is 2. The minimum atomic E-state index is -0.490. The largest absolute Gasteiger partial charge is 0.444 e. The second-order valence-electron chi connectivity index (χ2n) is 5.90. The highest BCUT2D eigenvalue weighted by Gasteiger charge is 2.20. The van der Waals surface area contributed by atoms with E-state index in [0.717, 1.165) is 11.4 Å². The number of alkyl carbamates (subject to hydrolysis) is 1. The summed E-state index contributed by atoms with van der Waals surface area (Å²) in [5.74, 6) is 1.00. The van der Waals surface area contributed by atoms with Gasteiger partial charge in [0.1, 0.15) is 5.60 Å². The number of ether oxygens (including phenoxy) is 1. The topological polar surface area (TPSA) is 56.2 Å². The first kappa shape index (κ1) is 16.9. The number of rotatable bonds is 5. The van der Waals surface area contributed by atoms with E-state index in [-0.39, 0.29) is 6.04 Å². The van der Waals surface area contributed by atoms with Crippen molar-refractivity contribution in [2.24, 2.45) is 0 Å². The van der Waals surface area contributed by atoms with Crippen LogP contribution in [0.5, 0.6) is 0 Å². The summed E-state index contributed by atoms with van der Waals surface area (Å²) in [7, 11) is 0. The van der Waals surface area contributed by atoms with Crippen LogP contribution in [0.2, 0.25) is 0 Å². The zero-order valence-corrected chi connectivity index (χ0v) is 14.0. The van der Waals surface area contributed by atoms with Crippen LogP contribution in [0, 0.1) is 0 Å². The molecule has 1 aromatic rings. The number of carbonyl (C=O) groups excluding carboxylic acids is 1. The van der Waals surface area contributed by atoms with Gasteiger partial charge in [0.25, 0.3) is 0 Å². The third-order valence-corrected chi connectivity index (χ3v) is 3.57. The number of thioether (sulfide) groups is 1. The lowest BCUT2D eigenvalue weighted by atomic mass is 10.2. The molecular formula is C14H25N3O2S. The van der Waals surface area contributed by atoms with Crippen LogP contribution < -0.4 is 5.32 Å². The normalized spacial score (nSPS) is 14.7. The maximum atomic E-state index is 11.8. The molecule has 0 aliphatic heterocycles. The Kier molecular flexibility index (Phi) is 5.92. The van der Waals surface area contributed by atoms with Gasteiger partial charge in [0.2, 0.25) is 0 Å². The quantitative estimate of drug-likeness (QED) is 0.905. The van der Waals surface area contributed by atoms with Gasteiger partial charge in [-0.1, -0.05) is 0 Å². The average molecular weight is 299 g/mol. The SMILES string of the molecule is CSCC(C)n1cncc1[C@H](C)NC(=O)OC(C)(C)C. The zero-order valence-electron chi connectivity index (χ0n) is 13.1. The maximum Gasteiger partial charge on any atom is 0.408 e. The number of amides is 1. The van der Waals surface area contributed by atoms with Gasteiger partial charge >= 0.3 is 6.09 Å². The Labute approximate surface area is 125 Å². The molecule has 0 aromatic carbocycles. The highest BCUT2D eigenvalue weighted by Crippen LogP contribution is 2.20. The van der Waals surface area contributed by atoms with Crippen LogP contribution in [0.3, 0.4) is 0 Å². The Morgan fingerprint density at radius 2 is 2.15 bits per heavy atom. The zero-order chi connectivity index (χ0) is 15.3. The van der Waals surface area contributed by atoms with Gasteiger partial charge in [-0.25, -0.2) is 9.78 Å². The first-order chi connectivity index (χ1) is 9.24. The molecule has 1 aromatic heterocycles. The molecule has 0 aliphatic carbocycles. The van der Waals surface area contributed by atoms with E-state index in [0.29, 0.717) is 6.04 Å². The van der Waals surface area contributed by atoms with Gasteiger partial charge < -0.3 is 14.6 Å². The minimum absolute atomic E-state index is 0.142. The number of nitrogens with zero attached hydrogens (tertiary/aromatic N) is 2. The van der Waals surface area contributed by atoms with E-state index in [1.807, 2.05) is 34.0 Å². The smallest absolute Gasteiger partial charge is 0.408 e. The fourth-order valence-corrected chi connectivity index (χ4v) is 2.54. The van der Waals surface area contributed by atoms with E-state index in [4.69, 9.17) is 4.74 Å². The summed E-state index contributed by atoms with van der Waals surface area (Å²) in [5.41, 5.74) is 0.494. The van der Waals surface area contributed by atoms with Crippen molar-refractivity contribution in [3.63, 3.8) is 0 Å². The second-order valence-corrected chi connectivity index (χ2v) is 6.81. The number of imidazole rings is 1. The predicted octanol–water partition coefficient (Wildman–Crippen LogP) is 3.39. The van der Waals surface area contributed by atoms with Crippen LogP contribution in [-0.4, -0.2) is 33.3 Å². The Bertz CT molecular complexity index is 440. The van der Waals surface area contributed by atoms with E-state index < -0.39 is 11.7 Å². The lowest BCUT2D eigenvalue weighted by Crippen LogP contribution is -2.34. The molecule has 0 bridgehead atoms. The summed E-state index contributed by atoms with van der Waals surface area (Å²) in [4.78, 5) is 16.0. The lowest BCUT2D eigenvalue weighted by Gasteiger charge is -2.23. The molecule has 20 heavy (non-hydrogen) atoms. The van der Waals surface area contributed by atoms with E-state index >= 15 is 0 Å². The standard InChI is InChI=1S/C14H25N3O2S/c1-10(8-20-6)17-9-15-7-12(17)11(2)16-13(18)19-14(3,4)5/h7,9-11H,8H2,1-6H3,(H,16,18)/t10?,11-/m0/s1. The summed E-state index contributed by atoms with van der Waals surface area (Å²) in [6.45, 7) is 9.62. The van der Waals surface area contributed by atoms with Crippen LogP contribution in [0.25, 0.3) is 0 Å². The van der Waals surface area contributed by atoms with Crippen molar-refractivity contribution in [3.8, 4) is 0 Å². The van der Waals surface area contributed by atoms with Gasteiger partial charge in [0.05, 0.1) is 24.3 Å². The minimum Gasteiger partial charge on any atom is -0.444 e. The van der Waals surface area contributed by atoms with Crippen molar-refractivity contribution in [1.82, 2.24) is 14.9 Å². The van der Waals surface area contributed by atoms with Crippen molar-refractivity contribution in [1.29, 1.82) is 0 Å². The van der Waals surface area contributed by atoms with Gasteiger partial charge in [-0.15, -0.1) is 0 Å². The Morgan fingerprint density at radius 1 is 1.50 bits per heavy atom. The monoisotopic (exact) mass is 299 g/mol. The molecule has 0 radical (unpaired) electrons. The van der Waals surface area contributed by atoms with Crippen molar-refractivity contribution >= 4 is 17.9 Å².